The fourth-order valence-corrected chi connectivity index (χ4v) is 3.40. The third kappa shape index (κ3) is 3.01. The second-order valence-corrected chi connectivity index (χ2v) is 6.18. The molecule has 4 aromatic rings. The molecule has 0 bridgehead atoms. The highest BCUT2D eigenvalue weighted by molar-refractivity contribution is 6.09. The van der Waals surface area contributed by atoms with E-state index in [2.05, 4.69) is 46.3 Å². The molecule has 0 aliphatic heterocycles. The van der Waals surface area contributed by atoms with Crippen molar-refractivity contribution in [2.45, 2.75) is 13.5 Å². The van der Waals surface area contributed by atoms with E-state index in [-0.39, 0.29) is 5.69 Å². The number of anilines is 1. The van der Waals surface area contributed by atoms with Gasteiger partial charge in [-0.05, 0) is 36.8 Å². The predicted octanol–water partition coefficient (Wildman–Crippen LogP) is 5.17. The van der Waals surface area contributed by atoms with Crippen molar-refractivity contribution >= 4 is 39.4 Å². The Labute approximate surface area is 155 Å². The number of fused-ring (bicyclic) bond motifs is 3. The van der Waals surface area contributed by atoms with Crippen LogP contribution in [-0.2, 0) is 6.54 Å². The van der Waals surface area contributed by atoms with Crippen LogP contribution in [0.3, 0.4) is 0 Å². The summed E-state index contributed by atoms with van der Waals surface area (Å²) in [6.45, 7) is 3.04. The molecule has 0 aliphatic rings. The molecule has 0 spiro atoms. The molecule has 1 aromatic heterocycles. The topological polar surface area (TPSA) is 72.5 Å². The lowest BCUT2D eigenvalue weighted by Gasteiger charge is -2.03. The molecular formula is C21H18N4O2. The Morgan fingerprint density at radius 2 is 1.78 bits per heavy atom. The van der Waals surface area contributed by atoms with Crippen molar-refractivity contribution in [3.8, 4) is 0 Å². The first-order valence-corrected chi connectivity index (χ1v) is 8.72. The molecule has 3 aromatic carbocycles. The second kappa shape index (κ2) is 6.92. The van der Waals surface area contributed by atoms with Gasteiger partial charge in [0, 0.05) is 34.4 Å². The van der Waals surface area contributed by atoms with E-state index in [4.69, 9.17) is 0 Å². The van der Waals surface area contributed by atoms with Crippen molar-refractivity contribution in [3.63, 3.8) is 0 Å². The van der Waals surface area contributed by atoms with Gasteiger partial charge in [0.2, 0.25) is 0 Å². The predicted molar refractivity (Wildman–Crippen MR) is 109 cm³/mol. The van der Waals surface area contributed by atoms with Gasteiger partial charge in [0.15, 0.2) is 0 Å². The van der Waals surface area contributed by atoms with Gasteiger partial charge in [-0.15, -0.1) is 0 Å². The molecule has 0 aliphatic carbocycles. The first kappa shape index (κ1) is 16.8. The van der Waals surface area contributed by atoms with Gasteiger partial charge in [0.25, 0.3) is 5.69 Å². The zero-order chi connectivity index (χ0) is 18.8. The summed E-state index contributed by atoms with van der Waals surface area (Å²) in [6, 6.07) is 21.0. The first-order valence-electron chi connectivity index (χ1n) is 8.72. The Hall–Kier alpha value is -3.67. The molecule has 6 nitrogen and oxygen atoms in total. The first-order chi connectivity index (χ1) is 13.2. The van der Waals surface area contributed by atoms with Gasteiger partial charge in [-0.25, -0.2) is 0 Å². The highest BCUT2D eigenvalue weighted by Crippen LogP contribution is 2.29. The normalized spacial score (nSPS) is 11.4. The molecule has 1 N–H and O–H groups in total. The number of benzene rings is 3. The summed E-state index contributed by atoms with van der Waals surface area (Å²) in [4.78, 5) is 10.6. The average Bonchev–Trinajstić information content (AvgIpc) is 3.01. The lowest BCUT2D eigenvalue weighted by molar-refractivity contribution is -0.384. The number of aromatic nitrogens is 1. The van der Waals surface area contributed by atoms with Crippen LogP contribution in [0.4, 0.5) is 11.4 Å². The van der Waals surface area contributed by atoms with Crippen molar-refractivity contribution in [2.75, 3.05) is 5.43 Å². The van der Waals surface area contributed by atoms with Gasteiger partial charge >= 0.3 is 0 Å². The summed E-state index contributed by atoms with van der Waals surface area (Å²) >= 11 is 0. The highest BCUT2D eigenvalue weighted by Gasteiger charge is 2.11. The van der Waals surface area contributed by atoms with Gasteiger partial charge in [0.05, 0.1) is 11.1 Å². The van der Waals surface area contributed by atoms with E-state index in [9.17, 15) is 10.1 Å². The van der Waals surface area contributed by atoms with Crippen LogP contribution in [-0.4, -0.2) is 15.7 Å². The summed E-state index contributed by atoms with van der Waals surface area (Å²) in [5.41, 5.74) is 6.44. The van der Waals surface area contributed by atoms with Crippen LogP contribution in [0.15, 0.2) is 71.8 Å². The summed E-state index contributed by atoms with van der Waals surface area (Å²) in [5, 5.41) is 17.6. The Kier molecular flexibility index (Phi) is 4.30. The van der Waals surface area contributed by atoms with Crippen LogP contribution >= 0.6 is 0 Å². The molecule has 0 saturated carbocycles. The highest BCUT2D eigenvalue weighted by atomic mass is 16.6. The molecule has 0 radical (unpaired) electrons. The lowest BCUT2D eigenvalue weighted by atomic mass is 10.1. The number of hydrazone groups is 1. The molecule has 0 fully saturated rings. The Bertz CT molecular complexity index is 1180. The Morgan fingerprint density at radius 3 is 2.59 bits per heavy atom. The zero-order valence-electron chi connectivity index (χ0n) is 14.8. The average molecular weight is 358 g/mol. The third-order valence-corrected chi connectivity index (χ3v) is 4.61. The number of aryl methyl sites for hydroxylation is 1. The maximum absolute atomic E-state index is 11.1. The van der Waals surface area contributed by atoms with Crippen molar-refractivity contribution in [1.82, 2.24) is 4.57 Å². The molecule has 27 heavy (non-hydrogen) atoms. The van der Waals surface area contributed by atoms with E-state index >= 15 is 0 Å². The SMILES string of the molecule is CCn1c2ccccc2c2cc(/C=N/Nc3ccccc3[N+](=O)[O-])ccc21. The van der Waals surface area contributed by atoms with Gasteiger partial charge in [-0.1, -0.05) is 36.4 Å². The van der Waals surface area contributed by atoms with E-state index in [1.54, 1.807) is 24.4 Å². The van der Waals surface area contributed by atoms with Gasteiger partial charge < -0.3 is 4.57 Å². The van der Waals surface area contributed by atoms with Crippen molar-refractivity contribution in [2.24, 2.45) is 5.10 Å². The third-order valence-electron chi connectivity index (χ3n) is 4.61. The quantitative estimate of drug-likeness (QED) is 0.304. The summed E-state index contributed by atoms with van der Waals surface area (Å²) in [6.07, 6.45) is 1.67. The van der Waals surface area contributed by atoms with Crippen LogP contribution in [0.5, 0.6) is 0 Å². The monoisotopic (exact) mass is 358 g/mol. The van der Waals surface area contributed by atoms with Gasteiger partial charge in [0.1, 0.15) is 5.69 Å². The van der Waals surface area contributed by atoms with E-state index in [1.807, 2.05) is 18.2 Å². The summed E-state index contributed by atoms with van der Waals surface area (Å²) in [5.74, 6) is 0. The molecule has 0 atom stereocenters. The largest absolute Gasteiger partial charge is 0.341 e. The number of nitro groups is 1. The molecular weight excluding hydrogens is 340 g/mol. The fraction of sp³-hybridized carbons (Fsp3) is 0.0952. The fourth-order valence-electron chi connectivity index (χ4n) is 3.40. The number of nitrogens with zero attached hydrogens (tertiary/aromatic N) is 3. The van der Waals surface area contributed by atoms with Crippen LogP contribution < -0.4 is 5.43 Å². The minimum Gasteiger partial charge on any atom is -0.341 e. The number of nitrogens with one attached hydrogen (secondary N) is 1. The molecule has 1 heterocycles. The summed E-state index contributed by atoms with van der Waals surface area (Å²) < 4.78 is 2.29. The number of hydrogen-bond donors (Lipinski definition) is 1. The molecule has 4 rings (SSSR count). The number of rotatable bonds is 5. The summed E-state index contributed by atoms with van der Waals surface area (Å²) in [7, 11) is 0. The molecule has 6 heteroatoms. The Morgan fingerprint density at radius 1 is 1.04 bits per heavy atom. The van der Waals surface area contributed by atoms with E-state index in [0.29, 0.717) is 5.69 Å². The zero-order valence-corrected chi connectivity index (χ0v) is 14.8. The maximum atomic E-state index is 11.1. The minimum atomic E-state index is -0.427. The van der Waals surface area contributed by atoms with Crippen LogP contribution in [0.1, 0.15) is 12.5 Å². The van der Waals surface area contributed by atoms with Gasteiger partial charge in [-0.2, -0.15) is 5.10 Å². The van der Waals surface area contributed by atoms with E-state index in [1.165, 1.54) is 27.9 Å². The maximum Gasteiger partial charge on any atom is 0.294 e. The number of nitro benzene ring substituents is 1. The van der Waals surface area contributed by atoms with E-state index in [0.717, 1.165) is 12.1 Å². The molecule has 0 saturated heterocycles. The van der Waals surface area contributed by atoms with Gasteiger partial charge in [-0.3, -0.25) is 15.5 Å². The molecule has 0 unspecified atom stereocenters. The smallest absolute Gasteiger partial charge is 0.294 e. The lowest BCUT2D eigenvalue weighted by Crippen LogP contribution is -1.96. The van der Waals surface area contributed by atoms with Crippen molar-refractivity contribution in [3.05, 3.63) is 82.4 Å². The second-order valence-electron chi connectivity index (χ2n) is 6.18. The standard InChI is InChI=1S/C21H18N4O2/c1-2-24-19-9-5-3-7-16(19)17-13-15(11-12-20(17)24)14-22-23-18-8-4-6-10-21(18)25(26)27/h3-14,23H,2H2,1H3/b22-14+. The minimum absolute atomic E-state index is 0.00359. The van der Waals surface area contributed by atoms with Crippen molar-refractivity contribution in [1.29, 1.82) is 0 Å². The van der Waals surface area contributed by atoms with Crippen LogP contribution in [0, 0.1) is 10.1 Å². The number of hydrogen-bond acceptors (Lipinski definition) is 4. The number of para-hydroxylation sites is 3. The molecule has 134 valence electrons. The van der Waals surface area contributed by atoms with Crippen LogP contribution in [0.2, 0.25) is 0 Å². The molecule has 0 amide bonds. The van der Waals surface area contributed by atoms with Crippen LogP contribution in [0.25, 0.3) is 21.8 Å². The van der Waals surface area contributed by atoms with Crippen molar-refractivity contribution < 1.29 is 4.92 Å². The Balaban J connectivity index is 1.68. The van der Waals surface area contributed by atoms with E-state index < -0.39 is 4.92 Å².